The van der Waals surface area contributed by atoms with Crippen molar-refractivity contribution in [3.8, 4) is 17.1 Å². The van der Waals surface area contributed by atoms with Crippen LogP contribution < -0.4 is 10.1 Å². The summed E-state index contributed by atoms with van der Waals surface area (Å²) in [5.41, 5.74) is 3.36. The maximum atomic E-state index is 13.8. The zero-order valence-electron chi connectivity index (χ0n) is 20.4. The number of nitrogens with zero attached hydrogens (tertiary/aromatic N) is 2. The van der Waals surface area contributed by atoms with Gasteiger partial charge in [0.2, 0.25) is 11.8 Å². The molecule has 0 bridgehead atoms. The summed E-state index contributed by atoms with van der Waals surface area (Å²) in [5.74, 6) is -2.76. The number of amides is 1. The minimum absolute atomic E-state index is 0.0524. The molecular weight excluding hydrogens is 496 g/mol. The first kappa shape index (κ1) is 26.2. The van der Waals surface area contributed by atoms with Gasteiger partial charge in [0, 0.05) is 46.2 Å². The van der Waals surface area contributed by atoms with Gasteiger partial charge in [0.05, 0.1) is 6.42 Å². The molecule has 1 unspecified atom stereocenters. The van der Waals surface area contributed by atoms with E-state index >= 15 is 0 Å². The van der Waals surface area contributed by atoms with Crippen molar-refractivity contribution < 1.29 is 18.3 Å². The highest BCUT2D eigenvalue weighted by Crippen LogP contribution is 2.33. The smallest absolute Gasteiger partial charge is 0.273 e. The monoisotopic (exact) mass is 521 g/mol. The minimum Gasteiger partial charge on any atom is -0.468 e. The topological polar surface area (TPSA) is 64.1 Å². The van der Waals surface area contributed by atoms with Gasteiger partial charge in [0.25, 0.3) is 5.92 Å². The van der Waals surface area contributed by atoms with Crippen molar-refractivity contribution >= 4 is 23.2 Å². The van der Waals surface area contributed by atoms with Crippen LogP contribution >= 0.6 is 11.6 Å². The second-order valence-electron chi connectivity index (χ2n) is 8.55. The Kier molecular flexibility index (Phi) is 8.14. The molecule has 0 spiro atoms. The maximum absolute atomic E-state index is 13.8. The van der Waals surface area contributed by atoms with Crippen molar-refractivity contribution in [1.82, 2.24) is 9.97 Å². The van der Waals surface area contributed by atoms with E-state index in [4.69, 9.17) is 16.3 Å². The van der Waals surface area contributed by atoms with E-state index in [1.165, 1.54) is 19.1 Å². The molecule has 0 saturated heterocycles. The van der Waals surface area contributed by atoms with Crippen LogP contribution in [0.25, 0.3) is 11.3 Å². The molecule has 4 rings (SSSR count). The number of ether oxygens (including phenoxy) is 1. The Hall–Kier alpha value is -3.84. The predicted octanol–water partition coefficient (Wildman–Crippen LogP) is 7.62. The molecule has 8 heteroatoms. The van der Waals surface area contributed by atoms with E-state index in [9.17, 15) is 13.6 Å². The first-order chi connectivity index (χ1) is 17.8. The largest absolute Gasteiger partial charge is 0.468 e. The van der Waals surface area contributed by atoms with Gasteiger partial charge in [-0.05, 0) is 30.7 Å². The molecule has 0 aliphatic heterocycles. The molecule has 1 atom stereocenters. The second kappa shape index (κ2) is 11.5. The first-order valence-corrected chi connectivity index (χ1v) is 12.2. The van der Waals surface area contributed by atoms with Crippen molar-refractivity contribution in [3.05, 3.63) is 107 Å². The van der Waals surface area contributed by atoms with Crippen molar-refractivity contribution in [1.29, 1.82) is 0 Å². The summed E-state index contributed by atoms with van der Waals surface area (Å²) >= 11 is 6.30. The Balaban J connectivity index is 1.42. The zero-order chi connectivity index (χ0) is 26.4. The number of halogens is 3. The molecule has 190 valence electrons. The lowest BCUT2D eigenvalue weighted by Gasteiger charge is -2.17. The molecule has 4 aromatic rings. The molecule has 1 amide bonds. The molecule has 0 aliphatic carbocycles. The molecule has 5 nitrogen and oxygen atoms in total. The Labute approximate surface area is 219 Å². The van der Waals surface area contributed by atoms with Crippen LogP contribution in [0.3, 0.4) is 0 Å². The average Bonchev–Trinajstić information content (AvgIpc) is 2.90. The van der Waals surface area contributed by atoms with Crippen LogP contribution in [0.1, 0.15) is 43.1 Å². The van der Waals surface area contributed by atoms with E-state index in [2.05, 4.69) is 15.3 Å². The summed E-state index contributed by atoms with van der Waals surface area (Å²) in [7, 11) is 0. The summed E-state index contributed by atoms with van der Waals surface area (Å²) < 4.78 is 33.7. The molecule has 0 saturated carbocycles. The molecule has 0 radical (unpaired) electrons. The number of rotatable bonds is 9. The van der Waals surface area contributed by atoms with Crippen molar-refractivity contribution in [2.45, 2.75) is 38.7 Å². The number of hydrogen-bond acceptors (Lipinski definition) is 4. The Morgan fingerprint density at radius 2 is 1.68 bits per heavy atom. The number of hydrogen-bond donors (Lipinski definition) is 1. The SMILES string of the molecule is CCC(F)(F)c1ccc(CC(=O)Nc2ccc(-c3nccnc3OC(C)c3ccccc3Cl)cc2)cc1. The van der Waals surface area contributed by atoms with Crippen LogP contribution in [0, 0.1) is 0 Å². The fraction of sp³-hybridized carbons (Fsp3) is 0.207. The van der Waals surface area contributed by atoms with Gasteiger partial charge in [0.15, 0.2) is 0 Å². The zero-order valence-corrected chi connectivity index (χ0v) is 21.2. The van der Waals surface area contributed by atoms with E-state index in [0.29, 0.717) is 27.8 Å². The fourth-order valence-electron chi connectivity index (χ4n) is 3.82. The lowest BCUT2D eigenvalue weighted by Crippen LogP contribution is -2.15. The van der Waals surface area contributed by atoms with Crippen LogP contribution in [0.2, 0.25) is 5.02 Å². The number of carbonyl (C=O) groups is 1. The second-order valence-corrected chi connectivity index (χ2v) is 8.96. The molecule has 0 fully saturated rings. The third kappa shape index (κ3) is 6.49. The van der Waals surface area contributed by atoms with E-state index < -0.39 is 5.92 Å². The fourth-order valence-corrected chi connectivity index (χ4v) is 4.11. The normalized spacial score (nSPS) is 12.1. The lowest BCUT2D eigenvalue weighted by atomic mass is 10.0. The van der Waals surface area contributed by atoms with E-state index in [0.717, 1.165) is 11.1 Å². The number of nitrogens with one attached hydrogen (secondary N) is 1. The van der Waals surface area contributed by atoms with E-state index in [1.807, 2.05) is 37.3 Å². The van der Waals surface area contributed by atoms with Gasteiger partial charge >= 0.3 is 0 Å². The summed E-state index contributed by atoms with van der Waals surface area (Å²) in [4.78, 5) is 21.3. The highest BCUT2D eigenvalue weighted by atomic mass is 35.5. The van der Waals surface area contributed by atoms with Crippen LogP contribution in [-0.4, -0.2) is 15.9 Å². The predicted molar refractivity (Wildman–Crippen MR) is 141 cm³/mol. The van der Waals surface area contributed by atoms with E-state index in [1.54, 1.807) is 42.7 Å². The summed E-state index contributed by atoms with van der Waals surface area (Å²) in [6, 6.07) is 20.5. The van der Waals surface area contributed by atoms with Gasteiger partial charge in [-0.1, -0.05) is 73.1 Å². The number of aromatic nitrogens is 2. The number of alkyl halides is 2. The molecule has 1 heterocycles. The van der Waals surface area contributed by atoms with Gasteiger partial charge in [0.1, 0.15) is 11.8 Å². The van der Waals surface area contributed by atoms with Crippen molar-refractivity contribution in [2.75, 3.05) is 5.32 Å². The quantitative estimate of drug-likeness (QED) is 0.246. The Bertz CT molecular complexity index is 1360. The van der Waals surface area contributed by atoms with Gasteiger partial charge in [-0.25, -0.2) is 18.7 Å². The van der Waals surface area contributed by atoms with Gasteiger partial charge in [-0.3, -0.25) is 4.79 Å². The van der Waals surface area contributed by atoms with Crippen LogP contribution in [0.15, 0.2) is 85.2 Å². The number of anilines is 1. The molecule has 1 N–H and O–H groups in total. The Morgan fingerprint density at radius 3 is 2.35 bits per heavy atom. The molecule has 37 heavy (non-hydrogen) atoms. The van der Waals surface area contributed by atoms with Gasteiger partial charge in [-0.2, -0.15) is 0 Å². The highest BCUT2D eigenvalue weighted by molar-refractivity contribution is 6.31. The standard InChI is InChI=1S/C29H26ClF2N3O2/c1-3-29(31,32)22-12-8-20(9-13-22)18-26(36)35-23-14-10-21(11-15-23)27-28(34-17-16-33-27)37-19(2)24-6-4-5-7-25(24)30/h4-17,19H,3,18H2,1-2H3,(H,35,36). The maximum Gasteiger partial charge on any atom is 0.273 e. The van der Waals surface area contributed by atoms with Crippen molar-refractivity contribution in [3.63, 3.8) is 0 Å². The third-order valence-electron chi connectivity index (χ3n) is 5.92. The Morgan fingerprint density at radius 1 is 1.00 bits per heavy atom. The number of carbonyl (C=O) groups excluding carboxylic acids is 1. The highest BCUT2D eigenvalue weighted by Gasteiger charge is 2.28. The molecule has 0 aliphatic rings. The van der Waals surface area contributed by atoms with Crippen LogP contribution in [-0.2, 0) is 17.1 Å². The summed E-state index contributed by atoms with van der Waals surface area (Å²) in [6.07, 6.45) is 2.60. The molecule has 1 aromatic heterocycles. The number of benzene rings is 3. The van der Waals surface area contributed by atoms with E-state index in [-0.39, 0.29) is 30.4 Å². The minimum atomic E-state index is -2.87. The first-order valence-electron chi connectivity index (χ1n) is 11.9. The summed E-state index contributed by atoms with van der Waals surface area (Å²) in [6.45, 7) is 3.33. The lowest BCUT2D eigenvalue weighted by molar-refractivity contribution is -0.115. The molecular formula is C29H26ClF2N3O2. The van der Waals surface area contributed by atoms with Crippen molar-refractivity contribution in [2.24, 2.45) is 0 Å². The van der Waals surface area contributed by atoms with Gasteiger partial charge < -0.3 is 10.1 Å². The average molecular weight is 522 g/mol. The third-order valence-corrected chi connectivity index (χ3v) is 6.27. The van der Waals surface area contributed by atoms with Crippen LogP contribution in [0.4, 0.5) is 14.5 Å². The summed E-state index contributed by atoms with van der Waals surface area (Å²) in [5, 5.41) is 3.44. The van der Waals surface area contributed by atoms with Crippen LogP contribution in [0.5, 0.6) is 5.88 Å². The van der Waals surface area contributed by atoms with Gasteiger partial charge in [-0.15, -0.1) is 0 Å². The molecule has 3 aromatic carbocycles.